The molecule has 2 aromatic rings. The van der Waals surface area contributed by atoms with Gasteiger partial charge in [-0.3, -0.25) is 14.9 Å². The molecule has 0 saturated carbocycles. The van der Waals surface area contributed by atoms with Gasteiger partial charge in [-0.15, -0.1) is 11.8 Å². The average Bonchev–Trinajstić information content (AvgIpc) is 3.18. The Morgan fingerprint density at radius 2 is 2.08 bits per heavy atom. The zero-order valence-electron chi connectivity index (χ0n) is 13.8. The van der Waals surface area contributed by atoms with Gasteiger partial charge in [0.05, 0.1) is 30.7 Å². The molecule has 1 fully saturated rings. The van der Waals surface area contributed by atoms with Gasteiger partial charge in [-0.05, 0) is 17.7 Å². The van der Waals surface area contributed by atoms with Crippen LogP contribution < -0.4 is 16.0 Å². The highest BCUT2D eigenvalue weighted by Crippen LogP contribution is 2.27. The fourth-order valence-electron chi connectivity index (χ4n) is 2.65. The van der Waals surface area contributed by atoms with E-state index in [2.05, 4.69) is 22.0 Å². The van der Waals surface area contributed by atoms with Crippen LogP contribution in [0.4, 0.5) is 0 Å². The Morgan fingerprint density at radius 1 is 1.27 bits per heavy atom. The largest absolute Gasteiger partial charge is 0.467 e. The molecule has 0 bridgehead atoms. The highest BCUT2D eigenvalue weighted by atomic mass is 32.2. The van der Waals surface area contributed by atoms with Crippen molar-refractivity contribution in [3.8, 4) is 6.07 Å². The number of hydrogen-bond acceptors (Lipinski definition) is 6. The summed E-state index contributed by atoms with van der Waals surface area (Å²) in [7, 11) is 0. The van der Waals surface area contributed by atoms with Gasteiger partial charge in [0.2, 0.25) is 11.8 Å². The molecule has 1 aromatic carbocycles. The van der Waals surface area contributed by atoms with Gasteiger partial charge in [0, 0.05) is 0 Å². The van der Waals surface area contributed by atoms with Gasteiger partial charge in [-0.25, -0.2) is 0 Å². The molecule has 3 rings (SSSR count). The molecule has 2 heterocycles. The van der Waals surface area contributed by atoms with Crippen LogP contribution in [-0.4, -0.2) is 23.1 Å². The van der Waals surface area contributed by atoms with Gasteiger partial charge in [0.25, 0.3) is 0 Å². The number of furan rings is 1. The van der Waals surface area contributed by atoms with Gasteiger partial charge in [0.15, 0.2) is 0 Å². The predicted molar refractivity (Wildman–Crippen MR) is 96.4 cm³/mol. The Bertz CT molecular complexity index is 789. The summed E-state index contributed by atoms with van der Waals surface area (Å²) < 4.78 is 5.16. The van der Waals surface area contributed by atoms with Crippen molar-refractivity contribution in [1.29, 1.82) is 5.26 Å². The van der Waals surface area contributed by atoms with E-state index in [1.165, 1.54) is 11.8 Å². The Kier molecular flexibility index (Phi) is 5.94. The molecule has 1 aliphatic heterocycles. The van der Waals surface area contributed by atoms with Crippen LogP contribution in [0.1, 0.15) is 17.4 Å². The summed E-state index contributed by atoms with van der Waals surface area (Å²) in [6.07, 6.45) is 1.55. The Hall–Kier alpha value is -2.76. The van der Waals surface area contributed by atoms with Crippen LogP contribution in [0.2, 0.25) is 0 Å². The summed E-state index contributed by atoms with van der Waals surface area (Å²) in [6.45, 7) is 0.319. The van der Waals surface area contributed by atoms with Crippen LogP contribution in [0.3, 0.4) is 0 Å². The minimum Gasteiger partial charge on any atom is -0.467 e. The first-order valence-electron chi connectivity index (χ1n) is 8.09. The molecule has 3 unspecified atom stereocenters. The van der Waals surface area contributed by atoms with Crippen molar-refractivity contribution in [3.63, 3.8) is 0 Å². The maximum Gasteiger partial charge on any atom is 0.241 e. The molecule has 1 aliphatic rings. The van der Waals surface area contributed by atoms with Crippen LogP contribution in [-0.2, 0) is 16.1 Å². The first-order chi connectivity index (χ1) is 12.7. The van der Waals surface area contributed by atoms with Gasteiger partial charge in [0.1, 0.15) is 17.2 Å². The predicted octanol–water partition coefficient (Wildman–Crippen LogP) is 1.51. The molecule has 134 valence electrons. The number of hydrogen-bond donors (Lipinski definition) is 3. The third kappa shape index (κ3) is 4.45. The van der Waals surface area contributed by atoms with E-state index in [1.54, 1.807) is 18.4 Å². The van der Waals surface area contributed by atoms with Crippen LogP contribution in [0.25, 0.3) is 0 Å². The number of nitrogens with zero attached hydrogens (tertiary/aromatic N) is 1. The quantitative estimate of drug-likeness (QED) is 0.712. The minimum absolute atomic E-state index is 0.164. The number of nitriles is 1. The molecule has 26 heavy (non-hydrogen) atoms. The Labute approximate surface area is 155 Å². The SMILES string of the molecule is N#CC1C(=O)NC(SCC(=O)NCc2ccco2)NC1c1ccccc1. The fourth-order valence-corrected chi connectivity index (χ4v) is 3.51. The van der Waals surface area contributed by atoms with Crippen molar-refractivity contribution < 1.29 is 14.0 Å². The Morgan fingerprint density at radius 3 is 2.77 bits per heavy atom. The summed E-state index contributed by atoms with van der Waals surface area (Å²) in [4.78, 5) is 24.2. The standard InChI is InChI=1S/C18H18N4O3S/c19-9-14-16(12-5-2-1-3-6-12)21-18(22-17(14)24)26-11-15(23)20-10-13-7-4-8-25-13/h1-8,14,16,18,21H,10-11H2,(H,20,23)(H,22,24). The fraction of sp³-hybridized carbons (Fsp3) is 0.278. The van der Waals surface area contributed by atoms with E-state index >= 15 is 0 Å². The highest BCUT2D eigenvalue weighted by Gasteiger charge is 2.37. The molecule has 1 aromatic heterocycles. The first-order valence-corrected chi connectivity index (χ1v) is 9.14. The lowest BCUT2D eigenvalue weighted by molar-refractivity contribution is -0.126. The third-order valence-corrected chi connectivity index (χ3v) is 4.95. The lowest BCUT2D eigenvalue weighted by Crippen LogP contribution is -2.56. The first kappa shape index (κ1) is 18.0. The summed E-state index contributed by atoms with van der Waals surface area (Å²) in [5, 5.41) is 18.0. The second kappa shape index (κ2) is 8.56. The van der Waals surface area contributed by atoms with Crippen LogP contribution in [0, 0.1) is 17.2 Å². The molecule has 0 spiro atoms. The van der Waals surface area contributed by atoms with Gasteiger partial charge >= 0.3 is 0 Å². The number of benzene rings is 1. The highest BCUT2D eigenvalue weighted by molar-refractivity contribution is 8.00. The summed E-state index contributed by atoms with van der Waals surface area (Å²) in [6, 6.07) is 14.5. The van der Waals surface area contributed by atoms with Crippen LogP contribution in [0.5, 0.6) is 0 Å². The average molecular weight is 370 g/mol. The summed E-state index contributed by atoms with van der Waals surface area (Å²) >= 11 is 1.26. The molecular formula is C18H18N4O3S. The zero-order chi connectivity index (χ0) is 18.4. The second-order valence-electron chi connectivity index (χ2n) is 5.72. The molecule has 3 N–H and O–H groups in total. The van der Waals surface area contributed by atoms with Crippen molar-refractivity contribution in [2.45, 2.75) is 18.1 Å². The van der Waals surface area contributed by atoms with E-state index in [4.69, 9.17) is 4.42 Å². The summed E-state index contributed by atoms with van der Waals surface area (Å²) in [5.41, 5.74) is 0.411. The molecule has 7 nitrogen and oxygen atoms in total. The van der Waals surface area contributed by atoms with E-state index in [1.807, 2.05) is 30.3 Å². The molecule has 1 saturated heterocycles. The number of rotatable bonds is 6. The van der Waals surface area contributed by atoms with Crippen molar-refractivity contribution in [3.05, 3.63) is 60.1 Å². The van der Waals surface area contributed by atoms with E-state index in [0.29, 0.717) is 12.3 Å². The minimum atomic E-state index is -0.818. The van der Waals surface area contributed by atoms with Crippen LogP contribution in [0.15, 0.2) is 53.1 Å². The normalized spacial score (nSPS) is 22.3. The second-order valence-corrected chi connectivity index (χ2v) is 6.81. The van der Waals surface area contributed by atoms with Gasteiger partial charge < -0.3 is 15.1 Å². The molecule has 0 aliphatic carbocycles. The molecular weight excluding hydrogens is 352 g/mol. The topological polar surface area (TPSA) is 107 Å². The lowest BCUT2D eigenvalue weighted by atomic mass is 9.92. The van der Waals surface area contributed by atoms with Crippen molar-refractivity contribution in [2.24, 2.45) is 5.92 Å². The number of amides is 2. The van der Waals surface area contributed by atoms with Crippen molar-refractivity contribution in [1.82, 2.24) is 16.0 Å². The molecule has 0 radical (unpaired) electrons. The number of nitrogens with one attached hydrogen (secondary N) is 3. The van der Waals surface area contributed by atoms with Crippen molar-refractivity contribution >= 4 is 23.6 Å². The van der Waals surface area contributed by atoms with Crippen LogP contribution >= 0.6 is 11.8 Å². The number of carbonyl (C=O) groups excluding carboxylic acids is 2. The number of carbonyl (C=O) groups is 2. The van der Waals surface area contributed by atoms with E-state index < -0.39 is 17.5 Å². The van der Waals surface area contributed by atoms with Gasteiger partial charge in [-0.1, -0.05) is 30.3 Å². The Balaban J connectivity index is 1.56. The molecule has 3 atom stereocenters. The van der Waals surface area contributed by atoms with Gasteiger partial charge in [-0.2, -0.15) is 5.26 Å². The molecule has 8 heteroatoms. The maximum absolute atomic E-state index is 12.2. The van der Waals surface area contributed by atoms with E-state index in [9.17, 15) is 14.9 Å². The number of thioether (sulfide) groups is 1. The summed E-state index contributed by atoms with van der Waals surface area (Å²) in [5.74, 6) is -0.484. The monoisotopic (exact) mass is 370 g/mol. The van der Waals surface area contributed by atoms with E-state index in [-0.39, 0.29) is 17.6 Å². The van der Waals surface area contributed by atoms with Crippen molar-refractivity contribution in [2.75, 3.05) is 5.75 Å². The smallest absolute Gasteiger partial charge is 0.241 e. The van der Waals surface area contributed by atoms with E-state index in [0.717, 1.165) is 5.56 Å². The molecule has 2 amide bonds. The zero-order valence-corrected chi connectivity index (χ0v) is 14.7. The maximum atomic E-state index is 12.2. The third-order valence-electron chi connectivity index (χ3n) is 3.94. The lowest BCUT2D eigenvalue weighted by Gasteiger charge is -2.34.